The van der Waals surface area contributed by atoms with Gasteiger partial charge in [0.2, 0.25) is 5.91 Å². The zero-order valence-electron chi connectivity index (χ0n) is 10.3. The molecule has 1 unspecified atom stereocenters. The van der Waals surface area contributed by atoms with E-state index < -0.39 is 5.60 Å². The highest BCUT2D eigenvalue weighted by molar-refractivity contribution is 5.78. The minimum Gasteiger partial charge on any atom is -0.388 e. The largest absolute Gasteiger partial charge is 0.388 e. The molecule has 2 N–H and O–H groups in total. The molecule has 0 aromatic rings. The van der Waals surface area contributed by atoms with Gasteiger partial charge in [0.15, 0.2) is 0 Å². The van der Waals surface area contributed by atoms with Crippen molar-refractivity contribution in [3.8, 4) is 0 Å². The van der Waals surface area contributed by atoms with Crippen molar-refractivity contribution < 1.29 is 14.6 Å². The predicted octanol–water partition coefficient (Wildman–Crippen LogP) is 1.08. The highest BCUT2D eigenvalue weighted by Crippen LogP contribution is 2.24. The van der Waals surface area contributed by atoms with Gasteiger partial charge in [-0.2, -0.15) is 0 Å². The second-order valence-corrected chi connectivity index (χ2v) is 4.94. The minimum absolute atomic E-state index is 0.0928. The van der Waals surface area contributed by atoms with Crippen LogP contribution >= 0.6 is 0 Å². The fourth-order valence-corrected chi connectivity index (χ4v) is 2.02. The van der Waals surface area contributed by atoms with Crippen molar-refractivity contribution in [2.75, 3.05) is 20.3 Å². The van der Waals surface area contributed by atoms with E-state index in [1.807, 2.05) is 0 Å². The number of amides is 1. The molecule has 0 heterocycles. The van der Waals surface area contributed by atoms with Crippen LogP contribution in [0.25, 0.3) is 0 Å². The molecule has 1 rings (SSSR count). The summed E-state index contributed by atoms with van der Waals surface area (Å²) in [5, 5.41) is 12.8. The molecule has 1 saturated carbocycles. The lowest BCUT2D eigenvalue weighted by molar-refractivity contribution is -0.126. The van der Waals surface area contributed by atoms with Crippen molar-refractivity contribution in [2.24, 2.45) is 5.92 Å². The second kappa shape index (κ2) is 6.21. The van der Waals surface area contributed by atoms with Gasteiger partial charge < -0.3 is 15.2 Å². The van der Waals surface area contributed by atoms with Gasteiger partial charge in [-0.3, -0.25) is 4.79 Å². The molecule has 0 aliphatic heterocycles. The summed E-state index contributed by atoms with van der Waals surface area (Å²) in [4.78, 5) is 11.7. The molecule has 1 atom stereocenters. The molecule has 0 aromatic carbocycles. The molecule has 4 heteroatoms. The average Bonchev–Trinajstić information content (AvgIpc) is 2.77. The topological polar surface area (TPSA) is 58.6 Å². The van der Waals surface area contributed by atoms with Gasteiger partial charge in [-0.25, -0.2) is 0 Å². The standard InChI is InChI=1S/C12H23NO3/c1-12(15,7-8-16-2)9-13-11(14)10-5-3-4-6-10/h10,15H,3-9H2,1-2H3,(H,13,14). The smallest absolute Gasteiger partial charge is 0.223 e. The molecule has 0 spiro atoms. The number of ether oxygens (including phenoxy) is 1. The number of carbonyl (C=O) groups is 1. The van der Waals surface area contributed by atoms with Crippen molar-refractivity contribution >= 4 is 5.91 Å². The van der Waals surface area contributed by atoms with Crippen LogP contribution < -0.4 is 5.32 Å². The van der Waals surface area contributed by atoms with Crippen LogP contribution in [0.4, 0.5) is 0 Å². The first-order valence-electron chi connectivity index (χ1n) is 6.04. The Kier molecular flexibility index (Phi) is 5.22. The van der Waals surface area contributed by atoms with Crippen molar-refractivity contribution in [3.63, 3.8) is 0 Å². The Morgan fingerprint density at radius 3 is 2.69 bits per heavy atom. The summed E-state index contributed by atoms with van der Waals surface area (Å²) in [5.74, 6) is 0.258. The van der Waals surface area contributed by atoms with Gasteiger partial charge in [-0.1, -0.05) is 12.8 Å². The molecule has 4 nitrogen and oxygen atoms in total. The van der Waals surface area contributed by atoms with Crippen LogP contribution in [0.5, 0.6) is 0 Å². The van der Waals surface area contributed by atoms with Crippen LogP contribution in [0.3, 0.4) is 0 Å². The van der Waals surface area contributed by atoms with Crippen LogP contribution in [0.2, 0.25) is 0 Å². The van der Waals surface area contributed by atoms with Crippen LogP contribution in [-0.2, 0) is 9.53 Å². The molecule has 0 radical (unpaired) electrons. The lowest BCUT2D eigenvalue weighted by Crippen LogP contribution is -2.43. The summed E-state index contributed by atoms with van der Waals surface area (Å²) >= 11 is 0. The molecule has 1 aliphatic rings. The number of aliphatic hydroxyl groups is 1. The predicted molar refractivity (Wildman–Crippen MR) is 62.1 cm³/mol. The third kappa shape index (κ3) is 4.49. The van der Waals surface area contributed by atoms with Gasteiger partial charge >= 0.3 is 0 Å². The van der Waals surface area contributed by atoms with Crippen molar-refractivity contribution in [3.05, 3.63) is 0 Å². The first kappa shape index (κ1) is 13.5. The molecule has 0 aromatic heterocycles. The lowest BCUT2D eigenvalue weighted by atomic mass is 10.0. The van der Waals surface area contributed by atoms with Crippen molar-refractivity contribution in [1.29, 1.82) is 0 Å². The van der Waals surface area contributed by atoms with Gasteiger partial charge in [-0.15, -0.1) is 0 Å². The minimum atomic E-state index is -0.871. The Hall–Kier alpha value is -0.610. The van der Waals surface area contributed by atoms with E-state index in [-0.39, 0.29) is 11.8 Å². The molecule has 1 amide bonds. The Morgan fingerprint density at radius 2 is 2.12 bits per heavy atom. The maximum atomic E-state index is 11.7. The summed E-state index contributed by atoms with van der Waals surface area (Å²) in [6, 6.07) is 0. The Morgan fingerprint density at radius 1 is 1.50 bits per heavy atom. The number of hydrogen-bond acceptors (Lipinski definition) is 3. The summed E-state index contributed by atoms with van der Waals surface area (Å²) in [5.41, 5.74) is -0.871. The number of carbonyl (C=O) groups excluding carboxylic acids is 1. The average molecular weight is 229 g/mol. The molecule has 0 bridgehead atoms. The first-order chi connectivity index (χ1) is 7.55. The van der Waals surface area contributed by atoms with Crippen LogP contribution in [-0.4, -0.2) is 36.9 Å². The highest BCUT2D eigenvalue weighted by Gasteiger charge is 2.25. The molecule has 16 heavy (non-hydrogen) atoms. The molecule has 0 saturated heterocycles. The SMILES string of the molecule is COCCC(C)(O)CNC(=O)C1CCCC1. The summed E-state index contributed by atoms with van der Waals surface area (Å²) < 4.78 is 4.91. The van der Waals surface area contributed by atoms with E-state index in [9.17, 15) is 9.90 Å². The number of rotatable bonds is 6. The monoisotopic (exact) mass is 229 g/mol. The molecule has 94 valence electrons. The van der Waals surface area contributed by atoms with E-state index in [1.54, 1.807) is 14.0 Å². The zero-order chi connectivity index (χ0) is 12.0. The van der Waals surface area contributed by atoms with Gasteiger partial charge in [0.05, 0.1) is 5.60 Å². The van der Waals surface area contributed by atoms with Gasteiger partial charge in [-0.05, 0) is 19.8 Å². The number of nitrogens with one attached hydrogen (secondary N) is 1. The van der Waals surface area contributed by atoms with E-state index in [2.05, 4.69) is 5.32 Å². The normalized spacial score (nSPS) is 20.7. The molecule has 1 aliphatic carbocycles. The summed E-state index contributed by atoms with van der Waals surface area (Å²) in [7, 11) is 1.60. The van der Waals surface area contributed by atoms with Crippen molar-refractivity contribution in [1.82, 2.24) is 5.32 Å². The third-order valence-electron chi connectivity index (χ3n) is 3.21. The molecular formula is C12H23NO3. The van der Waals surface area contributed by atoms with Crippen LogP contribution in [0.15, 0.2) is 0 Å². The fourth-order valence-electron chi connectivity index (χ4n) is 2.02. The Labute approximate surface area is 97.4 Å². The van der Waals surface area contributed by atoms with Gasteiger partial charge in [0.25, 0.3) is 0 Å². The highest BCUT2D eigenvalue weighted by atomic mass is 16.5. The van der Waals surface area contributed by atoms with E-state index in [4.69, 9.17) is 4.74 Å². The lowest BCUT2D eigenvalue weighted by Gasteiger charge is -2.24. The van der Waals surface area contributed by atoms with Gasteiger partial charge in [0.1, 0.15) is 0 Å². The number of hydrogen-bond donors (Lipinski definition) is 2. The second-order valence-electron chi connectivity index (χ2n) is 4.94. The van der Waals surface area contributed by atoms with E-state index in [0.717, 1.165) is 25.7 Å². The fraction of sp³-hybridized carbons (Fsp3) is 0.917. The molecule has 1 fully saturated rings. The quantitative estimate of drug-likeness (QED) is 0.716. The van der Waals surface area contributed by atoms with E-state index in [0.29, 0.717) is 19.6 Å². The first-order valence-corrected chi connectivity index (χ1v) is 6.04. The Bertz CT molecular complexity index is 222. The van der Waals surface area contributed by atoms with E-state index in [1.165, 1.54) is 0 Å². The Balaban J connectivity index is 2.24. The van der Waals surface area contributed by atoms with Crippen LogP contribution in [0.1, 0.15) is 39.0 Å². The zero-order valence-corrected chi connectivity index (χ0v) is 10.3. The van der Waals surface area contributed by atoms with Gasteiger partial charge in [0, 0.05) is 32.6 Å². The summed E-state index contributed by atoms with van der Waals surface area (Å²) in [6.07, 6.45) is 4.82. The number of methoxy groups -OCH3 is 1. The maximum Gasteiger partial charge on any atom is 0.223 e. The van der Waals surface area contributed by atoms with Crippen molar-refractivity contribution in [2.45, 2.75) is 44.6 Å². The van der Waals surface area contributed by atoms with Crippen LogP contribution in [0, 0.1) is 5.92 Å². The maximum absolute atomic E-state index is 11.7. The molecular weight excluding hydrogens is 206 g/mol. The summed E-state index contributed by atoms with van der Waals surface area (Å²) in [6.45, 7) is 2.54. The third-order valence-corrected chi connectivity index (χ3v) is 3.21. The van der Waals surface area contributed by atoms with E-state index >= 15 is 0 Å².